The van der Waals surface area contributed by atoms with E-state index >= 15 is 0 Å². The monoisotopic (exact) mass is 443 g/mol. The van der Waals surface area contributed by atoms with Crippen molar-refractivity contribution in [3.05, 3.63) is 28.6 Å². The second-order valence-electron chi connectivity index (χ2n) is 8.31. The Kier molecular flexibility index (Phi) is 9.48. The Hall–Kier alpha value is -2.63. The van der Waals surface area contributed by atoms with Crippen LogP contribution >= 0.6 is 0 Å². The smallest absolute Gasteiger partial charge is 0.264 e. The summed E-state index contributed by atoms with van der Waals surface area (Å²) in [6.45, 7) is 14.7. The lowest BCUT2D eigenvalue weighted by Gasteiger charge is -2.35. The molecule has 0 spiro atoms. The van der Waals surface area contributed by atoms with Gasteiger partial charge >= 0.3 is 0 Å². The highest BCUT2D eigenvalue weighted by molar-refractivity contribution is 6.01. The summed E-state index contributed by atoms with van der Waals surface area (Å²) in [6.07, 6.45) is 1.69. The van der Waals surface area contributed by atoms with E-state index in [4.69, 9.17) is 4.74 Å². The molecule has 1 saturated heterocycles. The first-order valence-electron chi connectivity index (χ1n) is 11.4. The van der Waals surface area contributed by atoms with Crippen LogP contribution in [0.3, 0.4) is 0 Å². The van der Waals surface area contributed by atoms with Gasteiger partial charge in [-0.15, -0.1) is 0 Å². The Morgan fingerprint density at radius 3 is 2.38 bits per heavy atom. The molecular weight excluding hydrogens is 406 g/mol. The Morgan fingerprint density at radius 1 is 1.22 bits per heavy atom. The molecule has 2 heterocycles. The van der Waals surface area contributed by atoms with Crippen molar-refractivity contribution in [2.24, 2.45) is 0 Å². The average Bonchev–Trinajstić information content (AvgIpc) is 3.05. The summed E-state index contributed by atoms with van der Waals surface area (Å²) < 4.78 is 7.45. The van der Waals surface area contributed by atoms with Gasteiger partial charge in [0.15, 0.2) is 0 Å². The molecule has 8 heteroatoms. The molecule has 1 aliphatic rings. The molecule has 0 saturated carbocycles. The SMILES string of the molecule is CCN(CC)C(=O)CN1CCN(C(=O)/C(C#N)=C\c2cc(C)n(C(C)COC)c2C)CC1. The van der Waals surface area contributed by atoms with Crippen molar-refractivity contribution < 1.29 is 14.3 Å². The van der Waals surface area contributed by atoms with E-state index in [1.54, 1.807) is 18.1 Å². The highest BCUT2D eigenvalue weighted by Crippen LogP contribution is 2.23. The fourth-order valence-electron chi connectivity index (χ4n) is 4.39. The van der Waals surface area contributed by atoms with Crippen LogP contribution in [0, 0.1) is 25.2 Å². The first kappa shape index (κ1) is 25.6. The van der Waals surface area contributed by atoms with Crippen LogP contribution in [0.15, 0.2) is 11.6 Å². The fourth-order valence-corrected chi connectivity index (χ4v) is 4.39. The predicted molar refractivity (Wildman–Crippen MR) is 125 cm³/mol. The quantitative estimate of drug-likeness (QED) is 0.432. The van der Waals surface area contributed by atoms with Crippen molar-refractivity contribution in [3.8, 4) is 6.07 Å². The molecule has 1 atom stereocenters. The van der Waals surface area contributed by atoms with Crippen LogP contribution in [-0.2, 0) is 14.3 Å². The highest BCUT2D eigenvalue weighted by atomic mass is 16.5. The molecule has 1 aliphatic heterocycles. The zero-order chi connectivity index (χ0) is 23.8. The number of rotatable bonds is 9. The number of hydrogen-bond acceptors (Lipinski definition) is 5. The highest BCUT2D eigenvalue weighted by Gasteiger charge is 2.26. The first-order chi connectivity index (χ1) is 15.3. The molecule has 0 aromatic carbocycles. The van der Waals surface area contributed by atoms with E-state index in [1.807, 2.05) is 38.7 Å². The van der Waals surface area contributed by atoms with Crippen molar-refractivity contribution >= 4 is 17.9 Å². The number of ether oxygens (including phenoxy) is 1. The number of nitriles is 1. The van der Waals surface area contributed by atoms with Crippen molar-refractivity contribution in [3.63, 3.8) is 0 Å². The zero-order valence-corrected chi connectivity index (χ0v) is 20.3. The lowest BCUT2D eigenvalue weighted by molar-refractivity contribution is -0.133. The number of aromatic nitrogens is 1. The summed E-state index contributed by atoms with van der Waals surface area (Å²) >= 11 is 0. The Balaban J connectivity index is 2.07. The van der Waals surface area contributed by atoms with Gasteiger partial charge in [-0.3, -0.25) is 14.5 Å². The lowest BCUT2D eigenvalue weighted by atomic mass is 10.1. The third-order valence-electron chi connectivity index (χ3n) is 6.16. The van der Waals surface area contributed by atoms with Gasteiger partial charge in [-0.2, -0.15) is 5.26 Å². The molecule has 1 aromatic rings. The molecule has 0 bridgehead atoms. The molecule has 0 aliphatic carbocycles. The Labute approximate surface area is 192 Å². The third kappa shape index (κ3) is 5.99. The van der Waals surface area contributed by atoms with E-state index in [0.717, 1.165) is 17.0 Å². The van der Waals surface area contributed by atoms with Crippen molar-refractivity contribution in [2.45, 2.75) is 40.7 Å². The number of likely N-dealkylation sites (N-methyl/N-ethyl adjacent to an activating group) is 1. The molecule has 2 rings (SSSR count). The van der Waals surface area contributed by atoms with Gasteiger partial charge in [0.05, 0.1) is 19.2 Å². The summed E-state index contributed by atoms with van der Waals surface area (Å²) in [4.78, 5) is 31.0. The number of piperazine rings is 1. The molecule has 0 radical (unpaired) electrons. The third-order valence-corrected chi connectivity index (χ3v) is 6.16. The minimum absolute atomic E-state index is 0.116. The van der Waals surface area contributed by atoms with E-state index in [-0.39, 0.29) is 23.4 Å². The topological polar surface area (TPSA) is 81.8 Å². The second kappa shape index (κ2) is 11.8. The summed E-state index contributed by atoms with van der Waals surface area (Å²) in [6, 6.07) is 4.26. The minimum Gasteiger partial charge on any atom is -0.383 e. The van der Waals surface area contributed by atoms with Gasteiger partial charge in [-0.05, 0) is 52.3 Å². The van der Waals surface area contributed by atoms with Crippen LogP contribution < -0.4 is 0 Å². The predicted octanol–water partition coefficient (Wildman–Crippen LogP) is 2.23. The maximum Gasteiger partial charge on any atom is 0.264 e. The lowest BCUT2D eigenvalue weighted by Crippen LogP contribution is -2.51. The van der Waals surface area contributed by atoms with Crippen LogP contribution in [0.1, 0.15) is 43.8 Å². The van der Waals surface area contributed by atoms with Gasteiger partial charge in [-0.1, -0.05) is 0 Å². The Bertz CT molecular complexity index is 871. The van der Waals surface area contributed by atoms with Crippen LogP contribution in [-0.4, -0.2) is 90.6 Å². The van der Waals surface area contributed by atoms with Gasteiger partial charge < -0.3 is 19.1 Å². The average molecular weight is 444 g/mol. The molecule has 1 unspecified atom stereocenters. The fraction of sp³-hybridized carbons (Fsp3) is 0.625. The van der Waals surface area contributed by atoms with Crippen LogP contribution in [0.5, 0.6) is 0 Å². The number of hydrogen-bond donors (Lipinski definition) is 0. The summed E-state index contributed by atoms with van der Waals surface area (Å²) in [5, 5.41) is 9.68. The number of nitrogens with zero attached hydrogens (tertiary/aromatic N) is 5. The van der Waals surface area contributed by atoms with Crippen LogP contribution in [0.4, 0.5) is 0 Å². The molecule has 2 amide bonds. The largest absolute Gasteiger partial charge is 0.383 e. The van der Waals surface area contributed by atoms with E-state index in [2.05, 4.69) is 22.5 Å². The van der Waals surface area contributed by atoms with Crippen LogP contribution in [0.25, 0.3) is 6.08 Å². The minimum atomic E-state index is -0.253. The van der Waals surface area contributed by atoms with Crippen molar-refractivity contribution in [1.82, 2.24) is 19.3 Å². The number of methoxy groups -OCH3 is 1. The van der Waals surface area contributed by atoms with Gasteiger partial charge in [0, 0.05) is 57.8 Å². The zero-order valence-electron chi connectivity index (χ0n) is 20.3. The van der Waals surface area contributed by atoms with E-state index < -0.39 is 0 Å². The van der Waals surface area contributed by atoms with Crippen molar-refractivity contribution in [2.75, 3.05) is 59.5 Å². The molecule has 8 nitrogen and oxygen atoms in total. The maximum absolute atomic E-state index is 13.0. The molecule has 0 N–H and O–H groups in total. The van der Waals surface area contributed by atoms with Gasteiger partial charge in [0.1, 0.15) is 11.6 Å². The maximum atomic E-state index is 13.0. The standard InChI is InChI=1S/C24H37N5O3/c1-7-27(8-2)23(30)16-26-9-11-28(12-10-26)24(31)22(15-25)14-21-13-18(3)29(20(21)5)19(4)17-32-6/h13-14,19H,7-12,16-17H2,1-6H3/b22-14-. The van der Waals surface area contributed by atoms with E-state index in [9.17, 15) is 14.9 Å². The number of aryl methyl sites for hydroxylation is 1. The molecule has 1 aromatic heterocycles. The summed E-state index contributed by atoms with van der Waals surface area (Å²) in [7, 11) is 1.68. The molecule has 1 fully saturated rings. The molecule has 32 heavy (non-hydrogen) atoms. The van der Waals surface area contributed by atoms with Gasteiger partial charge in [0.25, 0.3) is 5.91 Å². The van der Waals surface area contributed by atoms with Crippen molar-refractivity contribution in [1.29, 1.82) is 5.26 Å². The van der Waals surface area contributed by atoms with E-state index in [0.29, 0.717) is 52.4 Å². The Morgan fingerprint density at radius 2 is 1.84 bits per heavy atom. The number of amides is 2. The molecular formula is C24H37N5O3. The normalized spacial score (nSPS) is 16.0. The molecule has 176 valence electrons. The second-order valence-corrected chi connectivity index (χ2v) is 8.31. The van der Waals surface area contributed by atoms with Gasteiger partial charge in [0.2, 0.25) is 5.91 Å². The van der Waals surface area contributed by atoms with Crippen LogP contribution in [0.2, 0.25) is 0 Å². The summed E-state index contributed by atoms with van der Waals surface area (Å²) in [5.41, 5.74) is 3.08. The first-order valence-corrected chi connectivity index (χ1v) is 11.4. The van der Waals surface area contributed by atoms with E-state index in [1.165, 1.54) is 0 Å². The number of carbonyl (C=O) groups is 2. The van der Waals surface area contributed by atoms with Gasteiger partial charge in [-0.25, -0.2) is 0 Å². The summed E-state index contributed by atoms with van der Waals surface area (Å²) in [5.74, 6) is -0.137. The number of carbonyl (C=O) groups excluding carboxylic acids is 2.